The van der Waals surface area contributed by atoms with E-state index in [9.17, 15) is 13.2 Å². The molecule has 2 rings (SSSR count). The third kappa shape index (κ3) is 4.04. The molecule has 2 N–H and O–H groups in total. The van der Waals surface area contributed by atoms with Crippen LogP contribution in [-0.4, -0.2) is 37.0 Å². The van der Waals surface area contributed by atoms with Crippen LogP contribution in [0.5, 0.6) is 0 Å². The second kappa shape index (κ2) is 5.71. The summed E-state index contributed by atoms with van der Waals surface area (Å²) >= 11 is 0. The van der Waals surface area contributed by atoms with E-state index >= 15 is 0 Å². The van der Waals surface area contributed by atoms with Crippen LogP contribution in [0, 0.1) is 0 Å². The zero-order valence-electron chi connectivity index (χ0n) is 10.5. The lowest BCUT2D eigenvalue weighted by Gasteiger charge is -2.13. The topological polar surface area (TPSA) is 83.5 Å². The number of rotatable bonds is 5. The largest absolute Gasteiger partial charge is 0.481 e. The molecule has 1 aliphatic rings. The summed E-state index contributed by atoms with van der Waals surface area (Å²) in [6.07, 6.45) is 0.615. The predicted octanol–water partition coefficient (Wildman–Crippen LogP) is 0.590. The van der Waals surface area contributed by atoms with Crippen molar-refractivity contribution in [3.63, 3.8) is 0 Å². The molecule has 0 radical (unpaired) electrons. The molecule has 1 aromatic rings. The van der Waals surface area contributed by atoms with Crippen LogP contribution in [-0.2, 0) is 27.6 Å². The Morgan fingerprint density at radius 3 is 2.58 bits per heavy atom. The fourth-order valence-corrected chi connectivity index (χ4v) is 3.98. The number of carbonyl (C=O) groups is 1. The monoisotopic (exact) mass is 283 g/mol. The third-order valence-corrected chi connectivity index (χ3v) is 5.04. The highest BCUT2D eigenvalue weighted by molar-refractivity contribution is 7.91. The van der Waals surface area contributed by atoms with E-state index < -0.39 is 15.8 Å². The Morgan fingerprint density at radius 2 is 2.00 bits per heavy atom. The molecule has 1 aromatic carbocycles. The molecule has 0 aliphatic carbocycles. The Balaban J connectivity index is 1.98. The molecule has 19 heavy (non-hydrogen) atoms. The first-order valence-electron chi connectivity index (χ1n) is 6.19. The quantitative estimate of drug-likeness (QED) is 0.826. The van der Waals surface area contributed by atoms with Crippen molar-refractivity contribution < 1.29 is 18.3 Å². The normalized spacial score (nSPS) is 21.4. The fourth-order valence-electron chi connectivity index (χ4n) is 2.28. The zero-order valence-corrected chi connectivity index (χ0v) is 11.3. The van der Waals surface area contributed by atoms with Gasteiger partial charge in [0.1, 0.15) is 0 Å². The number of benzene rings is 1. The van der Waals surface area contributed by atoms with Gasteiger partial charge in [0, 0.05) is 12.6 Å². The summed E-state index contributed by atoms with van der Waals surface area (Å²) in [5.74, 6) is -0.453. The summed E-state index contributed by atoms with van der Waals surface area (Å²) in [6.45, 7) is 0.504. The molecule has 0 spiro atoms. The van der Waals surface area contributed by atoms with E-state index in [0.717, 1.165) is 11.1 Å². The van der Waals surface area contributed by atoms with Crippen LogP contribution in [0.3, 0.4) is 0 Å². The molecule has 0 aromatic heterocycles. The van der Waals surface area contributed by atoms with E-state index in [1.54, 1.807) is 6.07 Å². The highest BCUT2D eigenvalue weighted by Crippen LogP contribution is 2.14. The van der Waals surface area contributed by atoms with Gasteiger partial charge in [0.15, 0.2) is 9.84 Å². The summed E-state index contributed by atoms with van der Waals surface area (Å²) < 4.78 is 22.7. The van der Waals surface area contributed by atoms with Gasteiger partial charge in [-0.3, -0.25) is 4.79 Å². The Labute approximate surface area is 112 Å². The highest BCUT2D eigenvalue weighted by atomic mass is 32.2. The second-order valence-corrected chi connectivity index (χ2v) is 7.05. The summed E-state index contributed by atoms with van der Waals surface area (Å²) in [5.41, 5.74) is 1.68. The van der Waals surface area contributed by atoms with E-state index in [0.29, 0.717) is 13.0 Å². The van der Waals surface area contributed by atoms with E-state index in [-0.39, 0.29) is 24.0 Å². The molecule has 0 saturated carbocycles. The maximum atomic E-state index is 11.3. The summed E-state index contributed by atoms with van der Waals surface area (Å²) in [7, 11) is -2.89. The van der Waals surface area contributed by atoms with Crippen molar-refractivity contribution in [3.05, 3.63) is 35.4 Å². The van der Waals surface area contributed by atoms with E-state index in [4.69, 9.17) is 5.11 Å². The fraction of sp³-hybridized carbons (Fsp3) is 0.462. The predicted molar refractivity (Wildman–Crippen MR) is 71.7 cm³/mol. The minimum absolute atomic E-state index is 0.0131. The Kier molecular flexibility index (Phi) is 4.21. The number of carboxylic acids is 1. The number of hydrogen-bond acceptors (Lipinski definition) is 4. The van der Waals surface area contributed by atoms with Gasteiger partial charge < -0.3 is 10.4 Å². The first-order chi connectivity index (χ1) is 8.96. The van der Waals surface area contributed by atoms with Crippen molar-refractivity contribution in [2.75, 3.05) is 11.5 Å². The lowest BCUT2D eigenvalue weighted by molar-refractivity contribution is -0.136. The average Bonchev–Trinajstić information content (AvgIpc) is 2.67. The number of nitrogens with one attached hydrogen (secondary N) is 1. The molecular weight excluding hydrogens is 266 g/mol. The van der Waals surface area contributed by atoms with Crippen molar-refractivity contribution >= 4 is 15.8 Å². The highest BCUT2D eigenvalue weighted by Gasteiger charge is 2.27. The smallest absolute Gasteiger partial charge is 0.307 e. The minimum atomic E-state index is -2.89. The molecule has 1 aliphatic heterocycles. The van der Waals surface area contributed by atoms with Crippen LogP contribution in [0.4, 0.5) is 0 Å². The van der Waals surface area contributed by atoms with E-state index in [2.05, 4.69) is 5.32 Å². The summed E-state index contributed by atoms with van der Waals surface area (Å²) in [5, 5.41) is 12.0. The molecule has 1 saturated heterocycles. The number of aliphatic carboxylic acids is 1. The zero-order chi connectivity index (χ0) is 13.9. The van der Waals surface area contributed by atoms with Gasteiger partial charge in [0.2, 0.25) is 0 Å². The van der Waals surface area contributed by atoms with Gasteiger partial charge in [-0.15, -0.1) is 0 Å². The van der Waals surface area contributed by atoms with Gasteiger partial charge >= 0.3 is 5.97 Å². The van der Waals surface area contributed by atoms with Crippen LogP contribution >= 0.6 is 0 Å². The van der Waals surface area contributed by atoms with Gasteiger partial charge in [0.25, 0.3) is 0 Å². The average molecular weight is 283 g/mol. The number of sulfone groups is 1. The Hall–Kier alpha value is -1.40. The van der Waals surface area contributed by atoms with Crippen LogP contribution in [0.25, 0.3) is 0 Å². The molecule has 6 heteroatoms. The third-order valence-electron chi connectivity index (χ3n) is 3.27. The lowest BCUT2D eigenvalue weighted by Crippen LogP contribution is -2.29. The molecule has 1 unspecified atom stereocenters. The number of carboxylic acid groups (broad SMARTS) is 1. The van der Waals surface area contributed by atoms with Crippen LogP contribution in [0.1, 0.15) is 17.5 Å². The van der Waals surface area contributed by atoms with E-state index in [1.807, 2.05) is 18.2 Å². The van der Waals surface area contributed by atoms with Gasteiger partial charge in [-0.05, 0) is 17.5 Å². The molecule has 104 valence electrons. The standard InChI is InChI=1S/C13H17NO4S/c15-13(16)7-10-3-1-2-4-11(10)8-14-12-5-6-19(17,18)9-12/h1-4,12,14H,5-9H2,(H,15,16). The molecule has 1 atom stereocenters. The van der Waals surface area contributed by atoms with Crippen molar-refractivity contribution in [2.24, 2.45) is 0 Å². The summed E-state index contributed by atoms with van der Waals surface area (Å²) in [4.78, 5) is 10.8. The maximum Gasteiger partial charge on any atom is 0.307 e. The summed E-state index contributed by atoms with van der Waals surface area (Å²) in [6, 6.07) is 7.30. The SMILES string of the molecule is O=C(O)Cc1ccccc1CNC1CCS(=O)(=O)C1. The molecule has 1 heterocycles. The van der Waals surface area contributed by atoms with Crippen LogP contribution in [0.15, 0.2) is 24.3 Å². The number of hydrogen-bond donors (Lipinski definition) is 2. The van der Waals surface area contributed by atoms with Gasteiger partial charge in [-0.25, -0.2) is 8.42 Å². The Morgan fingerprint density at radius 1 is 1.32 bits per heavy atom. The van der Waals surface area contributed by atoms with Gasteiger partial charge in [-0.2, -0.15) is 0 Å². The molecule has 1 fully saturated rings. The molecule has 5 nitrogen and oxygen atoms in total. The van der Waals surface area contributed by atoms with Crippen molar-refractivity contribution in [1.29, 1.82) is 0 Å². The Bertz CT molecular complexity index is 568. The molecule has 0 bridgehead atoms. The first kappa shape index (κ1) is 14.0. The first-order valence-corrected chi connectivity index (χ1v) is 8.01. The van der Waals surface area contributed by atoms with E-state index in [1.165, 1.54) is 0 Å². The van der Waals surface area contributed by atoms with Crippen molar-refractivity contribution in [2.45, 2.75) is 25.4 Å². The van der Waals surface area contributed by atoms with Gasteiger partial charge in [-0.1, -0.05) is 24.3 Å². The van der Waals surface area contributed by atoms with Gasteiger partial charge in [0.05, 0.1) is 17.9 Å². The molecule has 0 amide bonds. The maximum absolute atomic E-state index is 11.3. The molecular formula is C13H17NO4S. The second-order valence-electron chi connectivity index (χ2n) is 4.82. The minimum Gasteiger partial charge on any atom is -0.481 e. The van der Waals surface area contributed by atoms with Crippen molar-refractivity contribution in [3.8, 4) is 0 Å². The van der Waals surface area contributed by atoms with Crippen molar-refractivity contribution in [1.82, 2.24) is 5.32 Å². The van der Waals surface area contributed by atoms with Crippen LogP contribution < -0.4 is 5.32 Å². The lowest BCUT2D eigenvalue weighted by atomic mass is 10.0. The van der Waals surface area contributed by atoms with Crippen LogP contribution in [0.2, 0.25) is 0 Å².